The smallest absolute Gasteiger partial charge is 0.235 e. The second-order valence-corrected chi connectivity index (χ2v) is 5.53. The largest absolute Gasteiger partial charge is 0.493 e. The van der Waals surface area contributed by atoms with E-state index in [-0.39, 0.29) is 6.10 Å². The number of hydrogen-bond acceptors (Lipinski definition) is 5. The molecule has 1 aliphatic carbocycles. The van der Waals surface area contributed by atoms with Crippen molar-refractivity contribution in [1.29, 1.82) is 0 Å². The maximum Gasteiger partial charge on any atom is 0.235 e. The molecule has 0 bridgehead atoms. The van der Waals surface area contributed by atoms with E-state index < -0.39 is 5.54 Å². The third-order valence-corrected chi connectivity index (χ3v) is 4.00. The molecule has 0 spiro atoms. The van der Waals surface area contributed by atoms with E-state index in [4.69, 9.17) is 9.47 Å². The van der Waals surface area contributed by atoms with Crippen LogP contribution in [0.15, 0.2) is 23.2 Å². The third kappa shape index (κ3) is 2.19. The molecule has 1 aromatic carbocycles. The van der Waals surface area contributed by atoms with Gasteiger partial charge in [-0.3, -0.25) is 4.90 Å². The first-order valence-electron chi connectivity index (χ1n) is 6.80. The highest BCUT2D eigenvalue weighted by atomic mass is 16.5. The first-order chi connectivity index (χ1) is 9.68. The summed E-state index contributed by atoms with van der Waals surface area (Å²) in [5, 5.41) is 0. The topological polar surface area (TPSA) is 51.1 Å². The van der Waals surface area contributed by atoms with Gasteiger partial charge in [-0.2, -0.15) is 4.99 Å². The van der Waals surface area contributed by atoms with Crippen molar-refractivity contribution < 1.29 is 14.3 Å². The number of methoxy groups -OCH3 is 1. The fourth-order valence-electron chi connectivity index (χ4n) is 2.69. The summed E-state index contributed by atoms with van der Waals surface area (Å²) in [5.74, 6) is 1.43. The molecule has 0 unspecified atom stereocenters. The Hall–Kier alpha value is -1.84. The van der Waals surface area contributed by atoms with E-state index in [0.29, 0.717) is 5.75 Å². The number of ether oxygens (including phenoxy) is 2. The van der Waals surface area contributed by atoms with E-state index in [0.717, 1.165) is 37.2 Å². The predicted molar refractivity (Wildman–Crippen MR) is 73.9 cm³/mol. The van der Waals surface area contributed by atoms with Crippen LogP contribution < -0.4 is 9.47 Å². The van der Waals surface area contributed by atoms with Crippen LogP contribution in [0.25, 0.3) is 0 Å². The lowest BCUT2D eigenvalue weighted by molar-refractivity contribution is 0.0359. The van der Waals surface area contributed by atoms with Gasteiger partial charge in [0, 0.05) is 18.7 Å². The number of hydrogen-bond donors (Lipinski definition) is 0. The highest BCUT2D eigenvalue weighted by Crippen LogP contribution is 2.54. The van der Waals surface area contributed by atoms with Gasteiger partial charge in [0.1, 0.15) is 11.6 Å². The normalized spacial score (nSPS) is 20.7. The third-order valence-electron chi connectivity index (χ3n) is 4.00. The Labute approximate surface area is 118 Å². The predicted octanol–water partition coefficient (Wildman–Crippen LogP) is 1.71. The van der Waals surface area contributed by atoms with Gasteiger partial charge < -0.3 is 9.47 Å². The summed E-state index contributed by atoms with van der Waals surface area (Å²) < 4.78 is 11.5. The maximum atomic E-state index is 10.7. The molecule has 1 saturated heterocycles. The molecule has 106 valence electrons. The van der Waals surface area contributed by atoms with Crippen LogP contribution in [0.4, 0.5) is 0 Å². The first-order valence-corrected chi connectivity index (χ1v) is 6.80. The molecule has 0 aromatic heterocycles. The molecule has 1 aromatic rings. The van der Waals surface area contributed by atoms with Crippen LogP contribution in [0.2, 0.25) is 0 Å². The molecule has 1 saturated carbocycles. The van der Waals surface area contributed by atoms with Gasteiger partial charge in [0.2, 0.25) is 6.08 Å². The fourth-order valence-corrected chi connectivity index (χ4v) is 2.69. The van der Waals surface area contributed by atoms with Crippen LogP contribution in [-0.4, -0.2) is 44.3 Å². The molecule has 0 amide bonds. The van der Waals surface area contributed by atoms with Crippen LogP contribution in [0.5, 0.6) is 11.5 Å². The quantitative estimate of drug-likeness (QED) is 0.606. The molecule has 0 atom stereocenters. The standard InChI is InChI=1S/C15H18N2O3/c1-17-8-11(9-17)20-14-12(4-3-5-13(14)19-2)15(6-7-15)16-10-18/h3-5,11H,6-9H2,1-2H3. The lowest BCUT2D eigenvalue weighted by Gasteiger charge is -2.37. The van der Waals surface area contributed by atoms with E-state index in [1.165, 1.54) is 0 Å². The van der Waals surface area contributed by atoms with Gasteiger partial charge in [-0.15, -0.1) is 0 Å². The summed E-state index contributed by atoms with van der Waals surface area (Å²) in [7, 11) is 3.68. The lowest BCUT2D eigenvalue weighted by atomic mass is 10.0. The number of likely N-dealkylation sites (tertiary alicyclic amines) is 1. The van der Waals surface area contributed by atoms with Crippen molar-refractivity contribution in [3.8, 4) is 11.5 Å². The second kappa shape index (κ2) is 4.93. The molecule has 3 rings (SSSR count). The molecule has 0 radical (unpaired) electrons. The van der Waals surface area contributed by atoms with Gasteiger partial charge in [0.25, 0.3) is 0 Å². The van der Waals surface area contributed by atoms with Gasteiger partial charge in [-0.25, -0.2) is 4.79 Å². The van der Waals surface area contributed by atoms with Crippen LogP contribution in [0.1, 0.15) is 18.4 Å². The molecule has 0 N–H and O–H groups in total. The Morgan fingerprint density at radius 1 is 1.40 bits per heavy atom. The van der Waals surface area contributed by atoms with Gasteiger partial charge in [-0.05, 0) is 26.0 Å². The SMILES string of the molecule is COc1cccc(C2(N=C=O)CC2)c1OC1CN(C)C1. The van der Waals surface area contributed by atoms with E-state index in [1.807, 2.05) is 18.2 Å². The minimum atomic E-state index is -0.443. The van der Waals surface area contributed by atoms with E-state index in [9.17, 15) is 4.79 Å². The molecule has 5 heteroatoms. The van der Waals surface area contributed by atoms with Crippen LogP contribution >= 0.6 is 0 Å². The molecular formula is C15H18N2O3. The summed E-state index contributed by atoms with van der Waals surface area (Å²) in [6, 6.07) is 5.75. The number of isocyanates is 1. The molecule has 2 fully saturated rings. The number of para-hydroxylation sites is 1. The Morgan fingerprint density at radius 3 is 2.70 bits per heavy atom. The number of carbonyl (C=O) groups excluding carboxylic acids is 1. The number of rotatable bonds is 5. The summed E-state index contributed by atoms with van der Waals surface area (Å²) in [6.45, 7) is 1.81. The average molecular weight is 274 g/mol. The number of nitrogens with zero attached hydrogens (tertiary/aromatic N) is 2. The van der Waals surface area contributed by atoms with Gasteiger partial charge in [-0.1, -0.05) is 12.1 Å². The number of likely N-dealkylation sites (N-methyl/N-ethyl adjacent to an activating group) is 1. The van der Waals surface area contributed by atoms with Crippen molar-refractivity contribution in [2.24, 2.45) is 4.99 Å². The minimum Gasteiger partial charge on any atom is -0.493 e. The van der Waals surface area contributed by atoms with Crippen molar-refractivity contribution in [3.05, 3.63) is 23.8 Å². The molecule has 5 nitrogen and oxygen atoms in total. The molecule has 20 heavy (non-hydrogen) atoms. The Morgan fingerprint density at radius 2 is 2.15 bits per heavy atom. The van der Waals surface area contributed by atoms with Gasteiger partial charge in [0.05, 0.1) is 7.11 Å². The molecule has 1 heterocycles. The number of aliphatic imine (C=N–C) groups is 1. The van der Waals surface area contributed by atoms with Crippen LogP contribution in [0, 0.1) is 0 Å². The van der Waals surface area contributed by atoms with Crippen LogP contribution in [0.3, 0.4) is 0 Å². The van der Waals surface area contributed by atoms with E-state index >= 15 is 0 Å². The summed E-state index contributed by atoms with van der Waals surface area (Å²) in [4.78, 5) is 16.8. The van der Waals surface area contributed by atoms with Crippen LogP contribution in [-0.2, 0) is 10.3 Å². The highest BCUT2D eigenvalue weighted by Gasteiger charge is 2.48. The lowest BCUT2D eigenvalue weighted by Crippen LogP contribution is -2.51. The molecular weight excluding hydrogens is 256 g/mol. The van der Waals surface area contributed by atoms with Crippen molar-refractivity contribution in [1.82, 2.24) is 4.90 Å². The Kier molecular flexibility index (Phi) is 3.24. The fraction of sp³-hybridized carbons (Fsp3) is 0.533. The molecule has 1 aliphatic heterocycles. The average Bonchev–Trinajstić information content (AvgIpc) is 3.18. The van der Waals surface area contributed by atoms with Gasteiger partial charge >= 0.3 is 0 Å². The Balaban J connectivity index is 1.94. The number of benzene rings is 1. The van der Waals surface area contributed by atoms with Crippen molar-refractivity contribution in [3.63, 3.8) is 0 Å². The monoisotopic (exact) mass is 274 g/mol. The van der Waals surface area contributed by atoms with E-state index in [2.05, 4.69) is 16.9 Å². The summed E-state index contributed by atoms with van der Waals surface area (Å²) >= 11 is 0. The first kappa shape index (κ1) is 13.2. The van der Waals surface area contributed by atoms with Crippen molar-refractivity contribution in [2.45, 2.75) is 24.5 Å². The zero-order valence-corrected chi connectivity index (χ0v) is 11.8. The maximum absolute atomic E-state index is 10.7. The summed E-state index contributed by atoms with van der Waals surface area (Å²) in [6.07, 6.45) is 3.58. The van der Waals surface area contributed by atoms with Crippen molar-refractivity contribution in [2.75, 3.05) is 27.2 Å². The Bertz CT molecular complexity index is 556. The van der Waals surface area contributed by atoms with E-state index in [1.54, 1.807) is 13.2 Å². The zero-order valence-electron chi connectivity index (χ0n) is 11.8. The highest BCUT2D eigenvalue weighted by molar-refractivity contribution is 5.54. The second-order valence-electron chi connectivity index (χ2n) is 5.53. The van der Waals surface area contributed by atoms with Crippen molar-refractivity contribution >= 4 is 6.08 Å². The minimum absolute atomic E-state index is 0.172. The zero-order chi connectivity index (χ0) is 14.2. The summed E-state index contributed by atoms with van der Waals surface area (Å²) in [5.41, 5.74) is 0.496. The van der Waals surface area contributed by atoms with Gasteiger partial charge in [0.15, 0.2) is 11.5 Å². The molecule has 2 aliphatic rings.